The molecule has 0 saturated carbocycles. The summed E-state index contributed by atoms with van der Waals surface area (Å²) in [6, 6.07) is 11.0. The van der Waals surface area contributed by atoms with Crippen molar-refractivity contribution >= 4 is 5.82 Å². The lowest BCUT2D eigenvalue weighted by molar-refractivity contribution is 0.660. The maximum Gasteiger partial charge on any atom is 0.133 e. The van der Waals surface area contributed by atoms with Gasteiger partial charge in [0.25, 0.3) is 0 Å². The first kappa shape index (κ1) is 13.1. The van der Waals surface area contributed by atoms with Gasteiger partial charge in [-0.1, -0.05) is 30.3 Å². The molecule has 1 aliphatic carbocycles. The number of rotatable bonds is 4. The van der Waals surface area contributed by atoms with Crippen molar-refractivity contribution in [3.63, 3.8) is 0 Å². The van der Waals surface area contributed by atoms with Crippen LogP contribution >= 0.6 is 0 Å². The molecule has 1 aromatic carbocycles. The Morgan fingerprint density at radius 2 is 1.90 bits per heavy atom. The molecule has 1 N–H and O–H groups in total. The highest BCUT2D eigenvalue weighted by molar-refractivity contribution is 5.47. The average molecular weight is 267 g/mol. The standard InChI is InChI=1S/C17H21N3/c1-13(11-14-7-3-2-4-8-14)20-17-15-9-5-6-10-16(15)18-12-19-17/h2-4,7-8,12-13H,5-6,9-11H2,1H3,(H,18,19,20). The Labute approximate surface area is 120 Å². The molecule has 0 spiro atoms. The molecule has 0 radical (unpaired) electrons. The quantitative estimate of drug-likeness (QED) is 0.922. The van der Waals surface area contributed by atoms with E-state index in [0.717, 1.165) is 25.1 Å². The van der Waals surface area contributed by atoms with Crippen LogP contribution in [0.2, 0.25) is 0 Å². The molecule has 0 saturated heterocycles. The molecule has 1 atom stereocenters. The van der Waals surface area contributed by atoms with Crippen molar-refractivity contribution in [1.29, 1.82) is 0 Å². The van der Waals surface area contributed by atoms with Crippen LogP contribution in [0.25, 0.3) is 0 Å². The van der Waals surface area contributed by atoms with Crippen molar-refractivity contribution in [1.82, 2.24) is 9.97 Å². The summed E-state index contributed by atoms with van der Waals surface area (Å²) in [4.78, 5) is 8.87. The predicted octanol–water partition coefficient (Wildman–Crippen LogP) is 3.40. The summed E-state index contributed by atoms with van der Waals surface area (Å²) in [5.41, 5.74) is 3.93. The summed E-state index contributed by atoms with van der Waals surface area (Å²) in [6.45, 7) is 2.21. The molecule has 1 aromatic heterocycles. The molecule has 1 aliphatic rings. The zero-order valence-corrected chi connectivity index (χ0v) is 12.0. The van der Waals surface area contributed by atoms with Crippen molar-refractivity contribution < 1.29 is 0 Å². The maximum absolute atomic E-state index is 4.45. The van der Waals surface area contributed by atoms with E-state index in [1.54, 1.807) is 6.33 Å². The first-order chi connectivity index (χ1) is 9.83. The zero-order valence-electron chi connectivity index (χ0n) is 12.0. The molecule has 3 nitrogen and oxygen atoms in total. The number of aryl methyl sites for hydroxylation is 1. The number of nitrogens with zero attached hydrogens (tertiary/aromatic N) is 2. The third-order valence-electron chi connectivity index (χ3n) is 3.89. The van der Waals surface area contributed by atoms with E-state index in [2.05, 4.69) is 52.5 Å². The molecule has 1 unspecified atom stereocenters. The van der Waals surface area contributed by atoms with E-state index in [9.17, 15) is 0 Å². The van der Waals surface area contributed by atoms with Crippen LogP contribution in [-0.4, -0.2) is 16.0 Å². The summed E-state index contributed by atoms with van der Waals surface area (Å²) >= 11 is 0. The minimum Gasteiger partial charge on any atom is -0.367 e. The van der Waals surface area contributed by atoms with Gasteiger partial charge in [0, 0.05) is 17.3 Å². The highest BCUT2D eigenvalue weighted by atomic mass is 15.0. The third kappa shape index (κ3) is 2.98. The van der Waals surface area contributed by atoms with E-state index >= 15 is 0 Å². The molecule has 2 aromatic rings. The fraction of sp³-hybridized carbons (Fsp3) is 0.412. The van der Waals surface area contributed by atoms with Crippen LogP contribution in [0.15, 0.2) is 36.7 Å². The van der Waals surface area contributed by atoms with Gasteiger partial charge in [0.05, 0.1) is 0 Å². The van der Waals surface area contributed by atoms with Crippen LogP contribution in [-0.2, 0) is 19.3 Å². The van der Waals surface area contributed by atoms with Gasteiger partial charge in [-0.2, -0.15) is 0 Å². The molecular formula is C17H21N3. The predicted molar refractivity (Wildman–Crippen MR) is 81.9 cm³/mol. The Kier molecular flexibility index (Phi) is 3.95. The number of nitrogens with one attached hydrogen (secondary N) is 1. The highest BCUT2D eigenvalue weighted by Crippen LogP contribution is 2.25. The van der Waals surface area contributed by atoms with E-state index in [0.29, 0.717) is 6.04 Å². The second-order valence-electron chi connectivity index (χ2n) is 5.59. The number of fused-ring (bicyclic) bond motifs is 1. The van der Waals surface area contributed by atoms with Crippen LogP contribution < -0.4 is 5.32 Å². The Bertz CT molecular complexity index is 566. The molecule has 104 valence electrons. The van der Waals surface area contributed by atoms with E-state index in [-0.39, 0.29) is 0 Å². The van der Waals surface area contributed by atoms with Crippen LogP contribution in [0.5, 0.6) is 0 Å². The number of aromatic nitrogens is 2. The Morgan fingerprint density at radius 1 is 1.10 bits per heavy atom. The van der Waals surface area contributed by atoms with E-state index in [1.807, 2.05) is 0 Å². The van der Waals surface area contributed by atoms with Crippen molar-refractivity contribution in [3.8, 4) is 0 Å². The average Bonchev–Trinajstić information content (AvgIpc) is 2.48. The van der Waals surface area contributed by atoms with Crippen LogP contribution in [0.3, 0.4) is 0 Å². The van der Waals surface area contributed by atoms with Gasteiger partial charge in [-0.25, -0.2) is 9.97 Å². The summed E-state index contributed by atoms with van der Waals surface area (Å²) < 4.78 is 0. The topological polar surface area (TPSA) is 37.8 Å². The Morgan fingerprint density at radius 3 is 2.75 bits per heavy atom. The lowest BCUT2D eigenvalue weighted by Gasteiger charge is -2.21. The molecule has 0 amide bonds. The van der Waals surface area contributed by atoms with Crippen molar-refractivity contribution in [2.45, 2.75) is 45.1 Å². The van der Waals surface area contributed by atoms with E-state index < -0.39 is 0 Å². The minimum atomic E-state index is 0.373. The first-order valence-corrected chi connectivity index (χ1v) is 7.46. The summed E-state index contributed by atoms with van der Waals surface area (Å²) in [7, 11) is 0. The van der Waals surface area contributed by atoms with Crippen LogP contribution in [0.1, 0.15) is 36.6 Å². The van der Waals surface area contributed by atoms with Gasteiger partial charge in [-0.3, -0.25) is 0 Å². The molecule has 1 heterocycles. The second-order valence-corrected chi connectivity index (χ2v) is 5.59. The molecule has 0 aliphatic heterocycles. The molecule has 0 bridgehead atoms. The smallest absolute Gasteiger partial charge is 0.133 e. The van der Waals surface area contributed by atoms with Crippen LogP contribution in [0, 0.1) is 0 Å². The largest absolute Gasteiger partial charge is 0.367 e. The van der Waals surface area contributed by atoms with Gasteiger partial charge in [-0.15, -0.1) is 0 Å². The van der Waals surface area contributed by atoms with Gasteiger partial charge in [0.15, 0.2) is 0 Å². The minimum absolute atomic E-state index is 0.373. The number of hydrogen-bond donors (Lipinski definition) is 1. The number of hydrogen-bond acceptors (Lipinski definition) is 3. The molecule has 3 rings (SSSR count). The van der Waals surface area contributed by atoms with Gasteiger partial charge in [0.2, 0.25) is 0 Å². The SMILES string of the molecule is CC(Cc1ccccc1)Nc1ncnc2c1CCCC2. The molecular weight excluding hydrogens is 246 g/mol. The lowest BCUT2D eigenvalue weighted by atomic mass is 9.96. The van der Waals surface area contributed by atoms with Gasteiger partial charge in [-0.05, 0) is 44.6 Å². The fourth-order valence-electron chi connectivity index (χ4n) is 2.90. The molecule has 20 heavy (non-hydrogen) atoms. The first-order valence-electron chi connectivity index (χ1n) is 7.46. The summed E-state index contributed by atoms with van der Waals surface area (Å²) in [6.07, 6.45) is 7.42. The molecule has 3 heteroatoms. The monoisotopic (exact) mass is 267 g/mol. The second kappa shape index (κ2) is 6.04. The van der Waals surface area contributed by atoms with Gasteiger partial charge < -0.3 is 5.32 Å². The Balaban J connectivity index is 1.71. The molecule has 0 fully saturated rings. The normalized spacial score (nSPS) is 15.4. The zero-order chi connectivity index (χ0) is 13.8. The lowest BCUT2D eigenvalue weighted by Crippen LogP contribution is -2.21. The third-order valence-corrected chi connectivity index (χ3v) is 3.89. The van der Waals surface area contributed by atoms with Crippen LogP contribution in [0.4, 0.5) is 5.82 Å². The fourth-order valence-corrected chi connectivity index (χ4v) is 2.90. The van der Waals surface area contributed by atoms with Crippen molar-refractivity contribution in [2.75, 3.05) is 5.32 Å². The van der Waals surface area contributed by atoms with Gasteiger partial charge in [0.1, 0.15) is 12.1 Å². The number of benzene rings is 1. The van der Waals surface area contributed by atoms with Gasteiger partial charge >= 0.3 is 0 Å². The maximum atomic E-state index is 4.45. The summed E-state index contributed by atoms with van der Waals surface area (Å²) in [5, 5.41) is 3.57. The van der Waals surface area contributed by atoms with Crippen molar-refractivity contribution in [2.24, 2.45) is 0 Å². The number of anilines is 1. The van der Waals surface area contributed by atoms with Crippen molar-refractivity contribution in [3.05, 3.63) is 53.5 Å². The highest BCUT2D eigenvalue weighted by Gasteiger charge is 2.16. The Hall–Kier alpha value is -1.90. The van der Waals surface area contributed by atoms with E-state index in [4.69, 9.17) is 0 Å². The summed E-state index contributed by atoms with van der Waals surface area (Å²) in [5.74, 6) is 1.04. The van der Waals surface area contributed by atoms with E-state index in [1.165, 1.54) is 29.7 Å².